The van der Waals surface area contributed by atoms with Crippen LogP contribution in [0.3, 0.4) is 0 Å². The maximum Gasteiger partial charge on any atom is 0.240 e. The summed E-state index contributed by atoms with van der Waals surface area (Å²) in [5, 5.41) is 0. The highest BCUT2D eigenvalue weighted by atomic mass is 19.1. The van der Waals surface area contributed by atoms with E-state index in [9.17, 15) is 9.18 Å². The highest BCUT2D eigenvalue weighted by Gasteiger charge is 2.74. The van der Waals surface area contributed by atoms with E-state index in [4.69, 9.17) is 0 Å². The summed E-state index contributed by atoms with van der Waals surface area (Å²) in [6, 6.07) is 7.33. The van der Waals surface area contributed by atoms with Crippen molar-refractivity contribution in [3.05, 3.63) is 35.6 Å². The Hall–Kier alpha value is -1.42. The minimum Gasteiger partial charge on any atom is -0.328 e. The number of halogens is 1. The van der Waals surface area contributed by atoms with E-state index in [1.165, 1.54) is 5.56 Å². The van der Waals surface area contributed by atoms with Crippen molar-refractivity contribution < 1.29 is 9.18 Å². The van der Waals surface area contributed by atoms with Gasteiger partial charge in [0.15, 0.2) is 0 Å². The summed E-state index contributed by atoms with van der Waals surface area (Å²) >= 11 is 0. The lowest BCUT2D eigenvalue weighted by Crippen LogP contribution is -2.41. The van der Waals surface area contributed by atoms with Crippen molar-refractivity contribution >= 4 is 5.91 Å². The zero-order chi connectivity index (χ0) is 14.8. The van der Waals surface area contributed by atoms with E-state index in [1.54, 1.807) is 12.1 Å². The SMILES string of the molecule is CN(C)C1CC2N(C1=O)C21CCCC1c1ccc(F)cc1. The number of carbonyl (C=O) groups is 1. The lowest BCUT2D eigenvalue weighted by molar-refractivity contribution is -0.129. The topological polar surface area (TPSA) is 23.3 Å². The van der Waals surface area contributed by atoms with Gasteiger partial charge in [-0.25, -0.2) is 4.39 Å². The Bertz CT molecular complexity index is 585. The average Bonchev–Trinajstić information content (AvgIpc) is 2.72. The molecular formula is C17H21FN2O. The first-order valence-corrected chi connectivity index (χ1v) is 7.81. The van der Waals surface area contributed by atoms with Crippen molar-refractivity contribution in [2.24, 2.45) is 0 Å². The number of nitrogens with zero attached hydrogens (tertiary/aromatic N) is 2. The van der Waals surface area contributed by atoms with Gasteiger partial charge in [-0.1, -0.05) is 18.6 Å². The van der Waals surface area contributed by atoms with Crippen molar-refractivity contribution in [2.45, 2.75) is 49.2 Å². The summed E-state index contributed by atoms with van der Waals surface area (Å²) < 4.78 is 13.1. The molecule has 3 fully saturated rings. The fourth-order valence-electron chi connectivity index (χ4n) is 4.83. The largest absolute Gasteiger partial charge is 0.328 e. The first-order chi connectivity index (χ1) is 10.1. The molecule has 1 spiro atoms. The van der Waals surface area contributed by atoms with E-state index in [-0.39, 0.29) is 17.4 Å². The molecule has 0 aromatic heterocycles. The van der Waals surface area contributed by atoms with Gasteiger partial charge in [-0.2, -0.15) is 0 Å². The Balaban J connectivity index is 1.62. The average molecular weight is 288 g/mol. The lowest BCUT2D eigenvalue weighted by Gasteiger charge is -2.27. The molecule has 21 heavy (non-hydrogen) atoms. The zero-order valence-corrected chi connectivity index (χ0v) is 12.6. The Kier molecular flexibility index (Phi) is 2.71. The zero-order valence-electron chi connectivity index (χ0n) is 12.6. The molecule has 112 valence electrons. The maximum atomic E-state index is 13.1. The second kappa shape index (κ2) is 4.29. The second-order valence-electron chi connectivity index (χ2n) is 6.93. The van der Waals surface area contributed by atoms with Gasteiger partial charge in [-0.05, 0) is 51.1 Å². The molecule has 4 rings (SSSR count). The standard InChI is InChI=1S/C17H21FN2O/c1-19(2)14-10-15-17(20(15)16(14)21)9-3-4-13(17)11-5-7-12(18)8-6-11/h5-8,13-15H,3-4,9-10H2,1-2H3. The number of rotatable bonds is 2. The van der Waals surface area contributed by atoms with Crippen LogP contribution in [0.15, 0.2) is 24.3 Å². The van der Waals surface area contributed by atoms with Crippen LogP contribution in [0, 0.1) is 5.82 Å². The van der Waals surface area contributed by atoms with Crippen molar-refractivity contribution in [1.29, 1.82) is 0 Å². The van der Waals surface area contributed by atoms with Gasteiger partial charge in [0.1, 0.15) is 5.82 Å². The van der Waals surface area contributed by atoms with E-state index in [0.29, 0.717) is 17.9 Å². The molecule has 2 heterocycles. The van der Waals surface area contributed by atoms with Crippen LogP contribution in [0.4, 0.5) is 4.39 Å². The van der Waals surface area contributed by atoms with E-state index in [1.807, 2.05) is 31.1 Å². The number of benzene rings is 1. The Morgan fingerprint density at radius 2 is 2.00 bits per heavy atom. The summed E-state index contributed by atoms with van der Waals surface area (Å²) in [6.45, 7) is 0. The van der Waals surface area contributed by atoms with Gasteiger partial charge in [0.05, 0.1) is 17.6 Å². The molecule has 2 saturated heterocycles. The molecule has 0 radical (unpaired) electrons. The highest BCUT2D eigenvalue weighted by molar-refractivity contribution is 5.90. The fraction of sp³-hybridized carbons (Fsp3) is 0.588. The third kappa shape index (κ3) is 1.65. The van der Waals surface area contributed by atoms with Gasteiger partial charge < -0.3 is 4.90 Å². The smallest absolute Gasteiger partial charge is 0.240 e. The van der Waals surface area contributed by atoms with Crippen LogP contribution in [0.25, 0.3) is 0 Å². The monoisotopic (exact) mass is 288 g/mol. The van der Waals surface area contributed by atoms with Crippen molar-refractivity contribution in [2.75, 3.05) is 14.1 Å². The molecule has 1 amide bonds. The number of fused-ring (bicyclic) bond motifs is 3. The third-order valence-electron chi connectivity index (χ3n) is 5.81. The van der Waals surface area contributed by atoms with Gasteiger partial charge in [-0.3, -0.25) is 9.69 Å². The summed E-state index contributed by atoms with van der Waals surface area (Å²) in [5.41, 5.74) is 1.24. The van der Waals surface area contributed by atoms with E-state index < -0.39 is 0 Å². The van der Waals surface area contributed by atoms with Crippen LogP contribution in [0.1, 0.15) is 37.2 Å². The van der Waals surface area contributed by atoms with Crippen LogP contribution < -0.4 is 0 Å². The molecule has 1 saturated carbocycles. The third-order valence-corrected chi connectivity index (χ3v) is 5.81. The minimum absolute atomic E-state index is 0.0431. The summed E-state index contributed by atoms with van der Waals surface area (Å²) in [7, 11) is 3.96. The number of piperidine rings is 1. The first-order valence-electron chi connectivity index (χ1n) is 7.81. The molecule has 1 aromatic carbocycles. The quantitative estimate of drug-likeness (QED) is 0.780. The normalized spacial score (nSPS) is 37.6. The van der Waals surface area contributed by atoms with E-state index in [0.717, 1.165) is 25.7 Å². The molecule has 1 aromatic rings. The van der Waals surface area contributed by atoms with Gasteiger partial charge in [0.25, 0.3) is 0 Å². The Labute approximate surface area is 124 Å². The Morgan fingerprint density at radius 1 is 1.29 bits per heavy atom. The molecular weight excluding hydrogens is 267 g/mol. The number of amides is 1. The van der Waals surface area contributed by atoms with Gasteiger partial charge in [0.2, 0.25) is 5.91 Å². The van der Waals surface area contributed by atoms with E-state index >= 15 is 0 Å². The van der Waals surface area contributed by atoms with Crippen molar-refractivity contribution in [3.63, 3.8) is 0 Å². The van der Waals surface area contributed by atoms with Crippen molar-refractivity contribution in [3.8, 4) is 0 Å². The van der Waals surface area contributed by atoms with Gasteiger partial charge in [-0.15, -0.1) is 0 Å². The summed E-state index contributed by atoms with van der Waals surface area (Å²) in [4.78, 5) is 16.8. The molecule has 0 N–H and O–H groups in total. The number of hydrogen-bond donors (Lipinski definition) is 0. The Morgan fingerprint density at radius 3 is 2.57 bits per heavy atom. The maximum absolute atomic E-state index is 13.1. The van der Waals surface area contributed by atoms with Gasteiger partial charge >= 0.3 is 0 Å². The minimum atomic E-state index is -0.189. The number of likely N-dealkylation sites (N-methyl/N-ethyl adjacent to an activating group) is 1. The van der Waals surface area contributed by atoms with Crippen LogP contribution in [0.5, 0.6) is 0 Å². The predicted molar refractivity (Wildman–Crippen MR) is 78.4 cm³/mol. The molecule has 1 aliphatic carbocycles. The predicted octanol–water partition coefficient (Wildman–Crippen LogP) is 2.38. The van der Waals surface area contributed by atoms with Crippen LogP contribution in [-0.2, 0) is 4.79 Å². The first kappa shape index (κ1) is 13.3. The van der Waals surface area contributed by atoms with Crippen LogP contribution in [0.2, 0.25) is 0 Å². The molecule has 3 nitrogen and oxygen atoms in total. The van der Waals surface area contributed by atoms with Crippen molar-refractivity contribution in [1.82, 2.24) is 9.80 Å². The lowest BCUT2D eigenvalue weighted by atomic mass is 9.83. The molecule has 4 atom stereocenters. The summed E-state index contributed by atoms with van der Waals surface area (Å²) in [6.07, 6.45) is 4.32. The summed E-state index contributed by atoms with van der Waals surface area (Å²) in [5.74, 6) is 0.486. The molecule has 3 aliphatic rings. The van der Waals surface area contributed by atoms with Gasteiger partial charge in [0, 0.05) is 5.92 Å². The number of hydrogen-bond acceptors (Lipinski definition) is 2. The molecule has 2 aliphatic heterocycles. The molecule has 4 heteroatoms. The highest BCUT2D eigenvalue weighted by Crippen LogP contribution is 2.64. The van der Waals surface area contributed by atoms with Crippen LogP contribution in [-0.4, -0.2) is 47.4 Å². The molecule has 4 unspecified atom stereocenters. The fourth-order valence-corrected chi connectivity index (χ4v) is 4.83. The number of carbonyl (C=O) groups excluding carboxylic acids is 1. The molecule has 0 bridgehead atoms. The second-order valence-corrected chi connectivity index (χ2v) is 6.93. The van der Waals surface area contributed by atoms with Crippen LogP contribution >= 0.6 is 0 Å². The van der Waals surface area contributed by atoms with E-state index in [2.05, 4.69) is 4.90 Å².